The highest BCUT2D eigenvalue weighted by molar-refractivity contribution is 5.82. The Morgan fingerprint density at radius 2 is 2.28 bits per heavy atom. The molecule has 1 aliphatic rings. The van der Waals surface area contributed by atoms with Gasteiger partial charge in [-0.3, -0.25) is 4.99 Å². The van der Waals surface area contributed by atoms with Gasteiger partial charge in [-0.1, -0.05) is 18.2 Å². The molecule has 1 aliphatic heterocycles. The predicted molar refractivity (Wildman–Crippen MR) is 67.2 cm³/mol. The van der Waals surface area contributed by atoms with E-state index < -0.39 is 11.6 Å². The summed E-state index contributed by atoms with van der Waals surface area (Å²) in [6.07, 6.45) is 0. The van der Waals surface area contributed by atoms with Crippen LogP contribution in [0.4, 0.5) is 8.78 Å². The van der Waals surface area contributed by atoms with E-state index in [0.29, 0.717) is 24.6 Å². The van der Waals surface area contributed by atoms with Gasteiger partial charge >= 0.3 is 0 Å². The summed E-state index contributed by atoms with van der Waals surface area (Å²) in [5.74, 6) is -1.01. The highest BCUT2D eigenvalue weighted by atomic mass is 19.2. The fraction of sp³-hybridized carbons (Fsp3) is 0.308. The maximum atomic E-state index is 13.0. The van der Waals surface area contributed by atoms with E-state index in [-0.39, 0.29) is 6.04 Å². The SMILES string of the molecule is C=C(C)[C@@H]1CN=C(NCc2ccc(F)c(F)c2)N1. The molecule has 5 heteroatoms. The quantitative estimate of drug-likeness (QED) is 0.806. The summed E-state index contributed by atoms with van der Waals surface area (Å²) in [5.41, 5.74) is 1.68. The Balaban J connectivity index is 1.89. The van der Waals surface area contributed by atoms with Gasteiger partial charge in [-0.15, -0.1) is 0 Å². The van der Waals surface area contributed by atoms with E-state index in [0.717, 1.165) is 11.6 Å². The molecule has 2 N–H and O–H groups in total. The summed E-state index contributed by atoms with van der Waals surface area (Å²) in [7, 11) is 0. The Morgan fingerprint density at radius 1 is 1.50 bits per heavy atom. The van der Waals surface area contributed by atoms with Crippen molar-refractivity contribution in [1.82, 2.24) is 10.6 Å². The fourth-order valence-corrected chi connectivity index (χ4v) is 1.66. The maximum absolute atomic E-state index is 13.0. The van der Waals surface area contributed by atoms with E-state index in [9.17, 15) is 8.78 Å². The van der Waals surface area contributed by atoms with Crippen molar-refractivity contribution >= 4 is 5.96 Å². The number of hydrogen-bond acceptors (Lipinski definition) is 3. The standard InChI is InChI=1S/C13H15F2N3/c1-8(2)12-7-17-13(18-12)16-6-9-3-4-10(14)11(15)5-9/h3-5,12H,1,6-7H2,2H3,(H2,16,17,18)/t12-/m0/s1. The molecule has 0 saturated heterocycles. The molecule has 0 unspecified atom stereocenters. The minimum Gasteiger partial charge on any atom is -0.352 e. The van der Waals surface area contributed by atoms with Crippen molar-refractivity contribution in [3.63, 3.8) is 0 Å². The van der Waals surface area contributed by atoms with E-state index in [4.69, 9.17) is 0 Å². The molecule has 96 valence electrons. The lowest BCUT2D eigenvalue weighted by Crippen LogP contribution is -2.38. The zero-order valence-electron chi connectivity index (χ0n) is 10.1. The molecule has 0 saturated carbocycles. The second-order valence-electron chi connectivity index (χ2n) is 4.33. The molecule has 0 bridgehead atoms. The van der Waals surface area contributed by atoms with Crippen LogP contribution in [0.3, 0.4) is 0 Å². The smallest absolute Gasteiger partial charge is 0.192 e. The van der Waals surface area contributed by atoms with Crippen LogP contribution < -0.4 is 10.6 Å². The normalized spacial score (nSPS) is 18.2. The van der Waals surface area contributed by atoms with Gasteiger partial charge in [-0.25, -0.2) is 8.78 Å². The number of nitrogens with zero attached hydrogens (tertiary/aromatic N) is 1. The summed E-state index contributed by atoms with van der Waals surface area (Å²) in [6.45, 7) is 6.84. The summed E-state index contributed by atoms with van der Waals surface area (Å²) in [5, 5.41) is 6.20. The summed E-state index contributed by atoms with van der Waals surface area (Å²) in [6, 6.07) is 3.98. The number of aliphatic imine (C=N–C) groups is 1. The topological polar surface area (TPSA) is 36.4 Å². The predicted octanol–water partition coefficient (Wildman–Crippen LogP) is 1.96. The lowest BCUT2D eigenvalue weighted by atomic mass is 10.2. The van der Waals surface area contributed by atoms with Crippen LogP contribution in [-0.2, 0) is 6.54 Å². The summed E-state index contributed by atoms with van der Waals surface area (Å²) < 4.78 is 25.7. The van der Waals surface area contributed by atoms with Gasteiger partial charge < -0.3 is 10.6 Å². The van der Waals surface area contributed by atoms with E-state index in [1.54, 1.807) is 0 Å². The maximum Gasteiger partial charge on any atom is 0.192 e. The van der Waals surface area contributed by atoms with Gasteiger partial charge in [-0.05, 0) is 24.6 Å². The molecule has 2 rings (SSSR count). The number of hydrogen-bond donors (Lipinski definition) is 2. The first-order valence-electron chi connectivity index (χ1n) is 5.70. The van der Waals surface area contributed by atoms with E-state index >= 15 is 0 Å². The van der Waals surface area contributed by atoms with E-state index in [1.165, 1.54) is 12.1 Å². The molecule has 0 aliphatic carbocycles. The third kappa shape index (κ3) is 2.85. The number of rotatable bonds is 3. The molecule has 3 nitrogen and oxygen atoms in total. The molecule has 0 aromatic heterocycles. The fourth-order valence-electron chi connectivity index (χ4n) is 1.66. The second kappa shape index (κ2) is 5.16. The van der Waals surface area contributed by atoms with Crippen LogP contribution in [0.1, 0.15) is 12.5 Å². The average Bonchev–Trinajstić information content (AvgIpc) is 2.79. The Morgan fingerprint density at radius 3 is 2.89 bits per heavy atom. The molecule has 18 heavy (non-hydrogen) atoms. The van der Waals surface area contributed by atoms with Crippen LogP contribution in [0.15, 0.2) is 35.3 Å². The molecule has 1 atom stereocenters. The highest BCUT2D eigenvalue weighted by Crippen LogP contribution is 2.09. The van der Waals surface area contributed by atoms with E-state index in [1.807, 2.05) is 6.92 Å². The first kappa shape index (κ1) is 12.5. The summed E-state index contributed by atoms with van der Waals surface area (Å²) >= 11 is 0. The monoisotopic (exact) mass is 251 g/mol. The molecule has 1 aromatic rings. The number of guanidine groups is 1. The van der Waals surface area contributed by atoms with Crippen LogP contribution in [0.5, 0.6) is 0 Å². The van der Waals surface area contributed by atoms with Crippen LogP contribution >= 0.6 is 0 Å². The van der Waals surface area contributed by atoms with Crippen molar-refractivity contribution in [2.75, 3.05) is 6.54 Å². The first-order valence-corrected chi connectivity index (χ1v) is 5.70. The van der Waals surface area contributed by atoms with Crippen molar-refractivity contribution in [3.8, 4) is 0 Å². The minimum atomic E-state index is -0.838. The molecule has 0 radical (unpaired) electrons. The van der Waals surface area contributed by atoms with Crippen molar-refractivity contribution in [1.29, 1.82) is 0 Å². The van der Waals surface area contributed by atoms with Crippen LogP contribution in [0.2, 0.25) is 0 Å². The van der Waals surface area contributed by atoms with Crippen LogP contribution in [0.25, 0.3) is 0 Å². The minimum absolute atomic E-state index is 0.150. The molecular formula is C13H15F2N3. The van der Waals surface area contributed by atoms with Gasteiger partial charge in [0.25, 0.3) is 0 Å². The Hall–Kier alpha value is -1.91. The largest absolute Gasteiger partial charge is 0.352 e. The number of nitrogens with one attached hydrogen (secondary N) is 2. The molecule has 0 fully saturated rings. The van der Waals surface area contributed by atoms with Crippen molar-refractivity contribution < 1.29 is 8.78 Å². The average molecular weight is 251 g/mol. The summed E-state index contributed by atoms with van der Waals surface area (Å²) in [4.78, 5) is 4.26. The van der Waals surface area contributed by atoms with Crippen molar-refractivity contribution in [2.24, 2.45) is 4.99 Å². The van der Waals surface area contributed by atoms with Gasteiger partial charge in [0.05, 0.1) is 12.6 Å². The van der Waals surface area contributed by atoms with Gasteiger partial charge in [0.15, 0.2) is 17.6 Å². The van der Waals surface area contributed by atoms with Crippen LogP contribution in [-0.4, -0.2) is 18.5 Å². The third-order valence-electron chi connectivity index (χ3n) is 2.78. The van der Waals surface area contributed by atoms with Crippen LogP contribution in [0, 0.1) is 11.6 Å². The van der Waals surface area contributed by atoms with Gasteiger partial charge in [0.1, 0.15) is 0 Å². The zero-order chi connectivity index (χ0) is 13.1. The van der Waals surface area contributed by atoms with Gasteiger partial charge in [0.2, 0.25) is 0 Å². The third-order valence-corrected chi connectivity index (χ3v) is 2.78. The first-order chi connectivity index (χ1) is 8.56. The molecule has 1 aromatic carbocycles. The van der Waals surface area contributed by atoms with Gasteiger partial charge in [0, 0.05) is 6.54 Å². The lowest BCUT2D eigenvalue weighted by molar-refractivity contribution is 0.507. The van der Waals surface area contributed by atoms with Crippen molar-refractivity contribution in [3.05, 3.63) is 47.5 Å². The molecule has 0 spiro atoms. The molecule has 0 amide bonds. The van der Waals surface area contributed by atoms with Gasteiger partial charge in [-0.2, -0.15) is 0 Å². The molecular weight excluding hydrogens is 236 g/mol. The number of benzene rings is 1. The Labute approximate surface area is 105 Å². The lowest BCUT2D eigenvalue weighted by Gasteiger charge is -2.12. The van der Waals surface area contributed by atoms with Crippen molar-refractivity contribution in [2.45, 2.75) is 19.5 Å². The zero-order valence-corrected chi connectivity index (χ0v) is 10.1. The Kier molecular flexibility index (Phi) is 3.60. The number of halogens is 2. The van der Waals surface area contributed by atoms with E-state index in [2.05, 4.69) is 22.2 Å². The second-order valence-corrected chi connectivity index (χ2v) is 4.33. The Bertz CT molecular complexity index is 497. The molecule has 1 heterocycles. The highest BCUT2D eigenvalue weighted by Gasteiger charge is 2.17.